The minimum Gasteiger partial charge on any atom is -0.0683 e. The monoisotopic (exact) mass is 220 g/mol. The first-order valence-corrected chi connectivity index (χ1v) is 7.88. The van der Waals surface area contributed by atoms with Crippen molar-refractivity contribution in [3.05, 3.63) is 0 Å². The predicted molar refractivity (Wildman–Crippen MR) is 69.2 cm³/mol. The zero-order valence-electron chi connectivity index (χ0n) is 11.3. The molecule has 0 aromatic rings. The maximum atomic E-state index is 2.42. The lowest BCUT2D eigenvalue weighted by Gasteiger charge is -2.38. The standard InChI is InChI=1S/C14H22.C2H6/c1-2-8-5-11-7-12(8)14-10-4-3-9(6-10)13(11)14;1-2/h8-14H,2-7H2,1H3;1-2H3. The summed E-state index contributed by atoms with van der Waals surface area (Å²) < 4.78 is 0. The van der Waals surface area contributed by atoms with Gasteiger partial charge in [-0.15, -0.1) is 0 Å². The second kappa shape index (κ2) is 4.03. The highest BCUT2D eigenvalue weighted by atomic mass is 14.7. The van der Waals surface area contributed by atoms with Crippen LogP contribution in [-0.2, 0) is 0 Å². The Labute approximate surface area is 101 Å². The summed E-state index contributed by atoms with van der Waals surface area (Å²) >= 11 is 0. The van der Waals surface area contributed by atoms with E-state index in [0.717, 1.165) is 5.92 Å². The van der Waals surface area contributed by atoms with Crippen LogP contribution in [0.15, 0.2) is 0 Å². The van der Waals surface area contributed by atoms with Gasteiger partial charge in [0.25, 0.3) is 0 Å². The van der Waals surface area contributed by atoms with Crippen LogP contribution in [0.25, 0.3) is 0 Å². The van der Waals surface area contributed by atoms with Gasteiger partial charge in [0.05, 0.1) is 0 Å². The molecule has 0 aromatic carbocycles. The highest BCUT2D eigenvalue weighted by Crippen LogP contribution is 2.69. The van der Waals surface area contributed by atoms with Crippen LogP contribution in [0.1, 0.15) is 59.3 Å². The third kappa shape index (κ3) is 1.28. The molecule has 4 bridgehead atoms. The van der Waals surface area contributed by atoms with Gasteiger partial charge >= 0.3 is 0 Å². The fourth-order valence-electron chi connectivity index (χ4n) is 6.17. The van der Waals surface area contributed by atoms with Crippen molar-refractivity contribution in [2.24, 2.45) is 41.4 Å². The van der Waals surface area contributed by atoms with E-state index in [9.17, 15) is 0 Å². The average Bonchev–Trinajstić information content (AvgIpc) is 3.08. The third-order valence-electron chi connectivity index (χ3n) is 6.40. The second-order valence-electron chi connectivity index (χ2n) is 6.55. The van der Waals surface area contributed by atoms with Crippen LogP contribution >= 0.6 is 0 Å². The molecule has 92 valence electrons. The van der Waals surface area contributed by atoms with Gasteiger partial charge < -0.3 is 0 Å². The van der Waals surface area contributed by atoms with Gasteiger partial charge in [-0.2, -0.15) is 0 Å². The van der Waals surface area contributed by atoms with Crippen molar-refractivity contribution in [3.63, 3.8) is 0 Å². The van der Waals surface area contributed by atoms with E-state index in [1.165, 1.54) is 41.9 Å². The Kier molecular flexibility index (Phi) is 2.80. The summed E-state index contributed by atoms with van der Waals surface area (Å²) in [5.41, 5.74) is 0. The molecule has 0 aliphatic heterocycles. The molecule has 0 N–H and O–H groups in total. The minimum atomic E-state index is 1.14. The van der Waals surface area contributed by atoms with Crippen molar-refractivity contribution in [1.82, 2.24) is 0 Å². The Morgan fingerprint density at radius 3 is 2.19 bits per heavy atom. The number of rotatable bonds is 1. The molecule has 4 rings (SSSR count). The Morgan fingerprint density at radius 1 is 0.812 bits per heavy atom. The van der Waals surface area contributed by atoms with Gasteiger partial charge in [0.2, 0.25) is 0 Å². The Hall–Kier alpha value is 0. The van der Waals surface area contributed by atoms with E-state index in [1.54, 1.807) is 32.1 Å². The molecule has 7 unspecified atom stereocenters. The summed E-state index contributed by atoms with van der Waals surface area (Å²) in [5, 5.41) is 0. The molecule has 4 aliphatic carbocycles. The normalized spacial score (nSPS) is 56.1. The van der Waals surface area contributed by atoms with E-state index in [-0.39, 0.29) is 0 Å². The number of hydrogen-bond acceptors (Lipinski definition) is 0. The molecule has 0 radical (unpaired) electrons. The van der Waals surface area contributed by atoms with Crippen molar-refractivity contribution in [2.75, 3.05) is 0 Å². The molecule has 0 heteroatoms. The predicted octanol–water partition coefficient (Wildman–Crippen LogP) is 4.74. The first kappa shape index (κ1) is 11.1. The molecular weight excluding hydrogens is 192 g/mol. The van der Waals surface area contributed by atoms with Gasteiger partial charge in [-0.1, -0.05) is 27.2 Å². The van der Waals surface area contributed by atoms with Crippen LogP contribution in [0.5, 0.6) is 0 Å². The van der Waals surface area contributed by atoms with E-state index in [2.05, 4.69) is 6.92 Å². The Morgan fingerprint density at radius 2 is 1.50 bits per heavy atom. The van der Waals surface area contributed by atoms with Crippen LogP contribution in [0.2, 0.25) is 0 Å². The smallest absolute Gasteiger partial charge is 0.0321 e. The lowest BCUT2D eigenvalue weighted by Crippen LogP contribution is -2.32. The van der Waals surface area contributed by atoms with E-state index in [1.807, 2.05) is 13.8 Å². The lowest BCUT2D eigenvalue weighted by atomic mass is 9.67. The summed E-state index contributed by atoms with van der Waals surface area (Å²) in [6.45, 7) is 6.42. The van der Waals surface area contributed by atoms with Crippen molar-refractivity contribution < 1.29 is 0 Å². The molecule has 4 fully saturated rings. The van der Waals surface area contributed by atoms with Gasteiger partial charge in [0.15, 0.2) is 0 Å². The molecule has 4 saturated carbocycles. The maximum Gasteiger partial charge on any atom is -0.0321 e. The number of fused-ring (bicyclic) bond motifs is 9. The lowest BCUT2D eigenvalue weighted by molar-refractivity contribution is 0.103. The van der Waals surface area contributed by atoms with Crippen LogP contribution in [0.3, 0.4) is 0 Å². The highest BCUT2D eigenvalue weighted by molar-refractivity contribution is 5.10. The van der Waals surface area contributed by atoms with Gasteiger partial charge in [0.1, 0.15) is 0 Å². The zero-order valence-corrected chi connectivity index (χ0v) is 11.3. The van der Waals surface area contributed by atoms with Gasteiger partial charge in [-0.05, 0) is 73.5 Å². The molecule has 16 heavy (non-hydrogen) atoms. The van der Waals surface area contributed by atoms with E-state index >= 15 is 0 Å². The summed E-state index contributed by atoms with van der Waals surface area (Å²) in [7, 11) is 0. The molecule has 7 atom stereocenters. The first-order chi connectivity index (χ1) is 7.88. The molecule has 0 spiro atoms. The molecule has 4 aliphatic rings. The minimum absolute atomic E-state index is 1.14. The van der Waals surface area contributed by atoms with Crippen molar-refractivity contribution in [1.29, 1.82) is 0 Å². The quantitative estimate of drug-likeness (QED) is 0.560. The van der Waals surface area contributed by atoms with Crippen LogP contribution < -0.4 is 0 Å². The fourth-order valence-corrected chi connectivity index (χ4v) is 6.17. The number of hydrogen-bond donors (Lipinski definition) is 0. The molecule has 0 nitrogen and oxygen atoms in total. The maximum absolute atomic E-state index is 2.42. The van der Waals surface area contributed by atoms with Crippen molar-refractivity contribution in [2.45, 2.75) is 59.3 Å². The molecule has 0 amide bonds. The second-order valence-corrected chi connectivity index (χ2v) is 6.55. The van der Waals surface area contributed by atoms with E-state index in [0.29, 0.717) is 0 Å². The van der Waals surface area contributed by atoms with Gasteiger partial charge in [-0.25, -0.2) is 0 Å². The summed E-state index contributed by atoms with van der Waals surface area (Å²) in [6.07, 6.45) is 9.57. The topological polar surface area (TPSA) is 0 Å². The SMILES string of the molecule is CC.CCC1CC2CC1C1C3CCC(C3)C21. The third-order valence-corrected chi connectivity index (χ3v) is 6.40. The molecule has 0 heterocycles. The van der Waals surface area contributed by atoms with E-state index in [4.69, 9.17) is 0 Å². The average molecular weight is 220 g/mol. The van der Waals surface area contributed by atoms with Crippen LogP contribution in [0, 0.1) is 41.4 Å². The summed E-state index contributed by atoms with van der Waals surface area (Å²) in [4.78, 5) is 0. The first-order valence-electron chi connectivity index (χ1n) is 7.88. The van der Waals surface area contributed by atoms with Crippen LogP contribution in [-0.4, -0.2) is 0 Å². The van der Waals surface area contributed by atoms with Gasteiger partial charge in [-0.3, -0.25) is 0 Å². The Bertz CT molecular complexity index is 257. The summed E-state index contributed by atoms with van der Waals surface area (Å²) in [6, 6.07) is 0. The van der Waals surface area contributed by atoms with Gasteiger partial charge in [0, 0.05) is 0 Å². The molecule has 0 saturated heterocycles. The largest absolute Gasteiger partial charge is 0.0683 e. The summed E-state index contributed by atoms with van der Waals surface area (Å²) in [5.74, 6) is 8.34. The van der Waals surface area contributed by atoms with Crippen LogP contribution in [0.4, 0.5) is 0 Å². The Balaban J connectivity index is 0.000000386. The zero-order chi connectivity index (χ0) is 11.3. The highest BCUT2D eigenvalue weighted by Gasteiger charge is 2.61. The van der Waals surface area contributed by atoms with Crippen molar-refractivity contribution in [3.8, 4) is 0 Å². The molecular formula is C16H28. The fraction of sp³-hybridized carbons (Fsp3) is 1.00. The van der Waals surface area contributed by atoms with E-state index < -0.39 is 0 Å². The van der Waals surface area contributed by atoms with Crippen molar-refractivity contribution >= 4 is 0 Å². The molecule has 0 aromatic heterocycles.